The van der Waals surface area contributed by atoms with Crippen molar-refractivity contribution in [3.05, 3.63) is 36.7 Å². The number of nitrogens with two attached hydrogens (primary N) is 2. The molecule has 0 radical (unpaired) electrons. The SMILES string of the molecule is CCCC(CCC)COC(=O)[C@H](C)NP(=O)(OC[C@H]1O[C@@H](n2cnc3c(OCC)nc(N)nc32)[C@](C)(N)[C@@H]1O)Oc1ccccc1. The lowest BCUT2D eigenvalue weighted by molar-refractivity contribution is -0.146. The number of fused-ring (bicyclic) bond motifs is 1. The molecule has 16 heteroatoms. The zero-order valence-corrected chi connectivity index (χ0v) is 27.9. The van der Waals surface area contributed by atoms with Crippen molar-refractivity contribution >= 4 is 30.8 Å². The predicted octanol–water partition coefficient (Wildman–Crippen LogP) is 3.72. The number of aliphatic hydroxyl groups excluding tert-OH is 1. The number of rotatable bonds is 17. The van der Waals surface area contributed by atoms with E-state index in [0.717, 1.165) is 25.7 Å². The van der Waals surface area contributed by atoms with Crippen molar-refractivity contribution in [3.8, 4) is 11.6 Å². The monoisotopic (exact) mass is 663 g/mol. The van der Waals surface area contributed by atoms with Crippen LogP contribution in [-0.4, -0.2) is 74.2 Å². The molecule has 0 aliphatic carbocycles. The van der Waals surface area contributed by atoms with E-state index in [1.165, 1.54) is 17.8 Å². The molecule has 1 unspecified atom stereocenters. The van der Waals surface area contributed by atoms with Gasteiger partial charge in [-0.05, 0) is 51.7 Å². The standard InChI is InChI=1S/C30H46N7O8P/c1-6-12-20(13-7-2)16-42-27(39)19(4)36-46(40,45-21-14-10-9-11-15-21)43-17-22-24(38)30(5,32)28(44-22)37-18-33-23-25(37)34-29(31)35-26(23)41-8-3/h9-11,14-15,18-20,22,24,28,38H,6-8,12-13,16-17,32H2,1-5H3,(H,36,40)(H2,31,34,35)/t19-,22+,24+,28+,30+,46?/m0/s1. The van der Waals surface area contributed by atoms with Gasteiger partial charge in [0.05, 0.1) is 31.7 Å². The van der Waals surface area contributed by atoms with Crippen LogP contribution in [0.3, 0.4) is 0 Å². The molecule has 0 saturated carbocycles. The number of imidazole rings is 1. The second-order valence-corrected chi connectivity index (χ2v) is 13.3. The molecule has 1 saturated heterocycles. The van der Waals surface area contributed by atoms with Crippen molar-refractivity contribution in [3.63, 3.8) is 0 Å². The van der Waals surface area contributed by atoms with Gasteiger partial charge in [-0.25, -0.2) is 9.55 Å². The second kappa shape index (κ2) is 15.5. The van der Waals surface area contributed by atoms with E-state index < -0.39 is 50.3 Å². The maximum atomic E-state index is 14.1. The van der Waals surface area contributed by atoms with Crippen LogP contribution in [0.1, 0.15) is 66.5 Å². The van der Waals surface area contributed by atoms with Crippen LogP contribution in [0.4, 0.5) is 5.95 Å². The van der Waals surface area contributed by atoms with Crippen LogP contribution >= 0.6 is 7.75 Å². The summed E-state index contributed by atoms with van der Waals surface area (Å²) in [5, 5.41) is 13.9. The van der Waals surface area contributed by atoms with Gasteiger partial charge in [-0.15, -0.1) is 0 Å². The number of ether oxygens (including phenoxy) is 3. The fourth-order valence-electron chi connectivity index (χ4n) is 5.37. The zero-order valence-electron chi connectivity index (χ0n) is 27.0. The number of benzene rings is 1. The van der Waals surface area contributed by atoms with E-state index in [1.54, 1.807) is 44.2 Å². The van der Waals surface area contributed by atoms with Crippen LogP contribution in [0.2, 0.25) is 0 Å². The third-order valence-electron chi connectivity index (χ3n) is 7.70. The Kier molecular flexibility index (Phi) is 12.0. The van der Waals surface area contributed by atoms with Gasteiger partial charge in [0.1, 0.15) is 24.0 Å². The minimum absolute atomic E-state index is 0.0428. The first-order valence-electron chi connectivity index (χ1n) is 15.6. The molecule has 1 aliphatic rings. The van der Waals surface area contributed by atoms with Gasteiger partial charge in [0, 0.05) is 0 Å². The molecule has 15 nitrogen and oxygen atoms in total. The summed E-state index contributed by atoms with van der Waals surface area (Å²) in [6, 6.07) is 7.34. The Morgan fingerprint density at radius 3 is 2.54 bits per heavy atom. The Bertz CT molecular complexity index is 1480. The zero-order chi connectivity index (χ0) is 33.5. The lowest BCUT2D eigenvalue weighted by Gasteiger charge is -2.28. The molecular weight excluding hydrogens is 617 g/mol. The molecular formula is C30H46N7O8P. The number of esters is 1. The Balaban J connectivity index is 1.51. The van der Waals surface area contributed by atoms with Crippen molar-refractivity contribution in [2.75, 3.05) is 25.6 Å². The van der Waals surface area contributed by atoms with Gasteiger partial charge in [-0.1, -0.05) is 44.9 Å². The largest absolute Gasteiger partial charge is 0.476 e. The lowest BCUT2D eigenvalue weighted by atomic mass is 9.93. The number of aliphatic hydroxyl groups is 1. The molecule has 3 heterocycles. The number of carbonyl (C=O) groups excluding carboxylic acids is 1. The Hall–Kier alpha value is -3.33. The average Bonchev–Trinajstić information content (AvgIpc) is 3.52. The highest BCUT2D eigenvalue weighted by molar-refractivity contribution is 7.52. The first-order chi connectivity index (χ1) is 21.9. The Morgan fingerprint density at radius 1 is 1.20 bits per heavy atom. The number of nitrogens with zero attached hydrogens (tertiary/aromatic N) is 4. The summed E-state index contributed by atoms with van der Waals surface area (Å²) < 4.78 is 44.5. The number of carbonyl (C=O) groups is 1. The van der Waals surface area contributed by atoms with Crippen LogP contribution in [0.15, 0.2) is 36.7 Å². The fraction of sp³-hybridized carbons (Fsp3) is 0.600. The van der Waals surface area contributed by atoms with E-state index in [4.69, 9.17) is 34.7 Å². The van der Waals surface area contributed by atoms with Gasteiger partial charge < -0.3 is 35.3 Å². The summed E-state index contributed by atoms with van der Waals surface area (Å²) in [6.45, 7) is 9.28. The van der Waals surface area contributed by atoms with E-state index in [2.05, 4.69) is 33.9 Å². The molecule has 2 aromatic heterocycles. The van der Waals surface area contributed by atoms with E-state index in [1.807, 2.05) is 0 Å². The molecule has 0 amide bonds. The van der Waals surface area contributed by atoms with Gasteiger partial charge in [-0.3, -0.25) is 13.9 Å². The van der Waals surface area contributed by atoms with E-state index in [9.17, 15) is 14.5 Å². The number of nitrogen functional groups attached to an aromatic ring is 1. The second-order valence-electron chi connectivity index (χ2n) is 11.6. The van der Waals surface area contributed by atoms with Gasteiger partial charge in [-0.2, -0.15) is 15.1 Å². The number of aromatic nitrogens is 4. The highest BCUT2D eigenvalue weighted by atomic mass is 31.2. The average molecular weight is 664 g/mol. The smallest absolute Gasteiger partial charge is 0.459 e. The number of para-hydroxylation sites is 1. The van der Waals surface area contributed by atoms with Crippen LogP contribution in [0.25, 0.3) is 11.2 Å². The fourth-order valence-corrected chi connectivity index (χ4v) is 6.87. The number of hydrogen-bond donors (Lipinski definition) is 4. The van der Waals surface area contributed by atoms with Gasteiger partial charge in [0.2, 0.25) is 11.8 Å². The molecule has 0 spiro atoms. The minimum atomic E-state index is -4.24. The van der Waals surface area contributed by atoms with Crippen LogP contribution in [0.5, 0.6) is 11.6 Å². The summed E-state index contributed by atoms with van der Waals surface area (Å²) >= 11 is 0. The summed E-state index contributed by atoms with van der Waals surface area (Å²) in [6.07, 6.45) is 1.94. The van der Waals surface area contributed by atoms with Crippen molar-refractivity contribution in [1.82, 2.24) is 24.6 Å². The maximum Gasteiger partial charge on any atom is 0.459 e. The molecule has 4 rings (SSSR count). The van der Waals surface area contributed by atoms with Crippen LogP contribution in [0, 0.1) is 5.92 Å². The third kappa shape index (κ3) is 8.33. The molecule has 0 bridgehead atoms. The van der Waals surface area contributed by atoms with Gasteiger partial charge in [0.25, 0.3) is 0 Å². The van der Waals surface area contributed by atoms with Crippen molar-refractivity contribution in [2.45, 2.75) is 90.3 Å². The molecule has 6 N–H and O–H groups in total. The summed E-state index contributed by atoms with van der Waals surface area (Å²) in [4.78, 5) is 25.7. The Labute approximate surface area is 268 Å². The first kappa shape index (κ1) is 35.5. The molecule has 1 aromatic carbocycles. The predicted molar refractivity (Wildman–Crippen MR) is 171 cm³/mol. The van der Waals surface area contributed by atoms with Crippen LogP contribution in [-0.2, 0) is 23.4 Å². The molecule has 46 heavy (non-hydrogen) atoms. The van der Waals surface area contributed by atoms with Crippen molar-refractivity contribution in [2.24, 2.45) is 11.7 Å². The van der Waals surface area contributed by atoms with E-state index in [0.29, 0.717) is 17.8 Å². The topological polar surface area (TPSA) is 208 Å². The molecule has 1 aliphatic heterocycles. The molecule has 1 fully saturated rings. The molecule has 6 atom stereocenters. The Morgan fingerprint density at radius 2 is 1.89 bits per heavy atom. The van der Waals surface area contributed by atoms with Gasteiger partial charge >= 0.3 is 13.7 Å². The number of hydrogen-bond acceptors (Lipinski definition) is 13. The first-order valence-corrected chi connectivity index (χ1v) is 17.2. The van der Waals surface area contributed by atoms with Gasteiger partial charge in [0.15, 0.2) is 17.4 Å². The lowest BCUT2D eigenvalue weighted by Crippen LogP contribution is -2.52. The van der Waals surface area contributed by atoms with Crippen molar-refractivity contribution < 1.29 is 37.7 Å². The number of anilines is 1. The quantitative estimate of drug-likeness (QED) is 0.120. The molecule has 3 aromatic rings. The maximum absolute atomic E-state index is 14.1. The summed E-state index contributed by atoms with van der Waals surface area (Å²) in [5.41, 5.74) is 11.8. The summed E-state index contributed by atoms with van der Waals surface area (Å²) in [7, 11) is -4.24. The highest BCUT2D eigenvalue weighted by Crippen LogP contribution is 2.47. The normalized spacial score (nSPS) is 23.3. The molecule has 254 valence electrons. The van der Waals surface area contributed by atoms with Crippen LogP contribution < -0.4 is 25.8 Å². The van der Waals surface area contributed by atoms with E-state index in [-0.39, 0.29) is 30.1 Å². The minimum Gasteiger partial charge on any atom is -0.476 e. The highest BCUT2D eigenvalue weighted by Gasteiger charge is 2.53. The third-order valence-corrected chi connectivity index (χ3v) is 9.35. The van der Waals surface area contributed by atoms with Crippen molar-refractivity contribution in [1.29, 1.82) is 0 Å². The van der Waals surface area contributed by atoms with E-state index >= 15 is 0 Å². The number of nitrogens with one attached hydrogen (secondary N) is 1. The summed E-state index contributed by atoms with van der Waals surface area (Å²) in [5.74, 6) is 0.0509.